The lowest BCUT2D eigenvalue weighted by atomic mass is 9.82. The van der Waals surface area contributed by atoms with E-state index in [-0.39, 0.29) is 12.1 Å². The fourth-order valence-electron chi connectivity index (χ4n) is 4.72. The minimum atomic E-state index is -3.00. The number of nitrogens with zero attached hydrogens (tertiary/aromatic N) is 3. The molecule has 0 amide bonds. The number of amidine groups is 1. The third-order valence-electron chi connectivity index (χ3n) is 6.37. The van der Waals surface area contributed by atoms with Gasteiger partial charge in [0.15, 0.2) is 10.8 Å². The Bertz CT molecular complexity index is 1160. The average molecular weight is 509 g/mol. The van der Waals surface area contributed by atoms with E-state index < -0.39 is 47.9 Å². The Morgan fingerprint density at radius 1 is 1.34 bits per heavy atom. The third kappa shape index (κ3) is 4.98. The summed E-state index contributed by atoms with van der Waals surface area (Å²) < 4.78 is 47.7. The second kappa shape index (κ2) is 9.03. The number of nitrogens with one attached hydrogen (secondary N) is 1. The summed E-state index contributed by atoms with van der Waals surface area (Å²) in [5, 5.41) is 16.0. The van der Waals surface area contributed by atoms with Crippen molar-refractivity contribution in [2.24, 2.45) is 4.99 Å². The first-order chi connectivity index (χ1) is 16.3. The zero-order valence-corrected chi connectivity index (χ0v) is 20.6. The Labute approximate surface area is 205 Å². The molecule has 0 aliphatic carbocycles. The lowest BCUT2D eigenvalue weighted by Crippen LogP contribution is -2.50. The summed E-state index contributed by atoms with van der Waals surface area (Å²) in [5.74, 6) is -3.81. The number of hydrogen-bond acceptors (Lipinski definition) is 8. The van der Waals surface area contributed by atoms with Crippen LogP contribution in [0.5, 0.6) is 0 Å². The summed E-state index contributed by atoms with van der Waals surface area (Å²) in [6.07, 6.45) is 1.09. The molecule has 1 fully saturated rings. The number of ether oxygens (including phenoxy) is 1. The van der Waals surface area contributed by atoms with E-state index in [0.29, 0.717) is 22.1 Å². The van der Waals surface area contributed by atoms with Crippen molar-refractivity contribution in [1.29, 1.82) is 0 Å². The molecule has 0 radical (unpaired) electrons. The van der Waals surface area contributed by atoms with E-state index in [4.69, 9.17) is 9.73 Å². The van der Waals surface area contributed by atoms with Gasteiger partial charge in [0.05, 0.1) is 24.8 Å². The van der Waals surface area contributed by atoms with Crippen LogP contribution in [0.3, 0.4) is 0 Å². The highest BCUT2D eigenvalue weighted by atomic mass is 32.1. The molecule has 2 atom stereocenters. The number of aromatic nitrogens is 1. The van der Waals surface area contributed by atoms with Crippen molar-refractivity contribution >= 4 is 23.1 Å². The predicted molar refractivity (Wildman–Crippen MR) is 126 cm³/mol. The number of hydrogen-bond donors (Lipinski definition) is 2. The number of carbonyl (C=O) groups excluding carboxylic acids is 1. The van der Waals surface area contributed by atoms with Crippen molar-refractivity contribution in [3.8, 4) is 0 Å². The molecule has 1 unspecified atom stereocenters. The number of esters is 1. The number of benzene rings is 1. The Balaban J connectivity index is 1.87. The van der Waals surface area contributed by atoms with Gasteiger partial charge in [-0.1, -0.05) is 12.1 Å². The Hall–Kier alpha value is -2.76. The van der Waals surface area contributed by atoms with E-state index in [1.165, 1.54) is 61.5 Å². The normalized spacial score (nSPS) is 24.8. The van der Waals surface area contributed by atoms with Gasteiger partial charge >= 0.3 is 5.97 Å². The summed E-state index contributed by atoms with van der Waals surface area (Å²) >= 11 is 1.32. The Morgan fingerprint density at radius 3 is 2.60 bits per heavy atom. The van der Waals surface area contributed by atoms with Gasteiger partial charge in [0.25, 0.3) is 5.92 Å². The van der Waals surface area contributed by atoms with E-state index in [0.717, 1.165) is 0 Å². The van der Waals surface area contributed by atoms with Gasteiger partial charge in [0.2, 0.25) is 0 Å². The molecule has 7 nitrogen and oxygen atoms in total. The first kappa shape index (κ1) is 25.3. The number of thiazole rings is 1. The lowest BCUT2D eigenvalue weighted by molar-refractivity contribution is -0.137. The van der Waals surface area contributed by atoms with Crippen LogP contribution < -0.4 is 5.32 Å². The highest BCUT2D eigenvalue weighted by molar-refractivity contribution is 7.11. The molecule has 1 saturated heterocycles. The second-order valence-corrected chi connectivity index (χ2v) is 10.4. The van der Waals surface area contributed by atoms with Crippen molar-refractivity contribution in [3.05, 3.63) is 63.5 Å². The van der Waals surface area contributed by atoms with Crippen LogP contribution in [0.2, 0.25) is 0 Å². The minimum Gasteiger partial charge on any atom is -0.466 e. The summed E-state index contributed by atoms with van der Waals surface area (Å²) in [6.45, 7) is 3.98. The molecule has 3 heterocycles. The van der Waals surface area contributed by atoms with E-state index in [1.807, 2.05) is 0 Å². The van der Waals surface area contributed by atoms with Crippen LogP contribution >= 0.6 is 11.3 Å². The number of aliphatic imine (C=N–C) groups is 1. The SMILES string of the molecule is COC(=O)C1=C(CN2CC(F)(F)C[C@H]2C(C)(C)O)NC(c2nccs2)=NC1(C)c1ccc(F)cc1. The standard InChI is InChI=1S/C24H27F3N4O3S/c1-22(2,33)17-11-24(26,27)13-31(17)12-16-18(21(32)34-4)23(3,14-5-7-15(25)8-6-14)30-19(29-16)20-28-9-10-35-20/h5-10,17,33H,11-13H2,1-4H3,(H,29,30)/t17-,23?/m0/s1. The van der Waals surface area contributed by atoms with Crippen molar-refractivity contribution in [2.45, 2.75) is 50.3 Å². The molecule has 35 heavy (non-hydrogen) atoms. The van der Waals surface area contributed by atoms with Gasteiger partial charge < -0.3 is 15.2 Å². The van der Waals surface area contributed by atoms with E-state index in [1.54, 1.807) is 18.5 Å². The third-order valence-corrected chi connectivity index (χ3v) is 7.15. The van der Waals surface area contributed by atoms with Gasteiger partial charge in [0, 0.05) is 36.3 Å². The Morgan fingerprint density at radius 2 is 2.03 bits per heavy atom. The first-order valence-corrected chi connectivity index (χ1v) is 11.9. The predicted octanol–water partition coefficient (Wildman–Crippen LogP) is 3.46. The van der Waals surface area contributed by atoms with Gasteiger partial charge in [-0.15, -0.1) is 11.3 Å². The van der Waals surface area contributed by atoms with Crippen LogP contribution in [0.25, 0.3) is 0 Å². The Kier molecular flexibility index (Phi) is 6.54. The summed E-state index contributed by atoms with van der Waals surface area (Å²) in [5.41, 5.74) is -1.81. The maximum absolute atomic E-state index is 14.5. The van der Waals surface area contributed by atoms with Crippen molar-refractivity contribution in [1.82, 2.24) is 15.2 Å². The maximum atomic E-state index is 14.5. The molecule has 1 aromatic carbocycles. The van der Waals surface area contributed by atoms with Gasteiger partial charge in [-0.25, -0.2) is 27.9 Å². The zero-order chi connectivity index (χ0) is 25.6. The quantitative estimate of drug-likeness (QED) is 0.582. The van der Waals surface area contributed by atoms with Crippen LogP contribution in [0.1, 0.15) is 37.8 Å². The molecule has 1 aromatic heterocycles. The molecule has 2 aliphatic heterocycles. The zero-order valence-electron chi connectivity index (χ0n) is 19.8. The van der Waals surface area contributed by atoms with Gasteiger partial charge in [-0.05, 0) is 38.5 Å². The number of halogens is 3. The molecule has 2 N–H and O–H groups in total. The molecule has 4 rings (SSSR count). The monoisotopic (exact) mass is 508 g/mol. The van der Waals surface area contributed by atoms with Gasteiger partial charge in [-0.3, -0.25) is 4.90 Å². The smallest absolute Gasteiger partial charge is 0.338 e. The molecular weight excluding hydrogens is 481 g/mol. The molecule has 0 bridgehead atoms. The largest absolute Gasteiger partial charge is 0.466 e. The highest BCUT2D eigenvalue weighted by Crippen LogP contribution is 2.41. The highest BCUT2D eigenvalue weighted by Gasteiger charge is 2.51. The van der Waals surface area contributed by atoms with E-state index >= 15 is 0 Å². The first-order valence-electron chi connectivity index (χ1n) is 11.0. The van der Waals surface area contributed by atoms with Crippen molar-refractivity contribution in [3.63, 3.8) is 0 Å². The maximum Gasteiger partial charge on any atom is 0.338 e. The molecule has 188 valence electrons. The number of rotatable bonds is 6. The fraction of sp³-hybridized carbons (Fsp3) is 0.458. The average Bonchev–Trinajstić information content (AvgIpc) is 3.41. The van der Waals surface area contributed by atoms with Crippen LogP contribution in [-0.2, 0) is 15.1 Å². The van der Waals surface area contributed by atoms with Gasteiger partial charge in [0.1, 0.15) is 11.4 Å². The van der Waals surface area contributed by atoms with E-state index in [9.17, 15) is 23.1 Å². The van der Waals surface area contributed by atoms with Crippen LogP contribution in [0.4, 0.5) is 13.2 Å². The number of alkyl halides is 2. The number of aliphatic hydroxyl groups is 1. The molecule has 0 spiro atoms. The number of carbonyl (C=O) groups is 1. The van der Waals surface area contributed by atoms with Crippen LogP contribution in [0.15, 0.2) is 52.1 Å². The van der Waals surface area contributed by atoms with E-state index in [2.05, 4.69) is 10.3 Å². The van der Waals surface area contributed by atoms with Crippen molar-refractivity contribution in [2.75, 3.05) is 20.2 Å². The second-order valence-electron chi connectivity index (χ2n) is 9.48. The fourth-order valence-corrected chi connectivity index (χ4v) is 5.30. The molecule has 11 heteroatoms. The molecule has 2 aromatic rings. The summed E-state index contributed by atoms with van der Waals surface area (Å²) in [6, 6.07) is 4.72. The number of methoxy groups -OCH3 is 1. The molecular formula is C24H27F3N4O3S. The topological polar surface area (TPSA) is 87.0 Å². The van der Waals surface area contributed by atoms with Crippen molar-refractivity contribution < 1.29 is 27.8 Å². The number of likely N-dealkylation sites (tertiary alicyclic amines) is 1. The lowest BCUT2D eigenvalue weighted by Gasteiger charge is -2.38. The van der Waals surface area contributed by atoms with Gasteiger partial charge in [-0.2, -0.15) is 0 Å². The van der Waals surface area contributed by atoms with Crippen LogP contribution in [-0.4, -0.2) is 64.6 Å². The van der Waals surface area contributed by atoms with Crippen LogP contribution in [0, 0.1) is 5.82 Å². The molecule has 2 aliphatic rings. The summed E-state index contributed by atoms with van der Waals surface area (Å²) in [7, 11) is 1.22. The molecule has 0 saturated carbocycles. The minimum absolute atomic E-state index is 0.101. The summed E-state index contributed by atoms with van der Waals surface area (Å²) in [4.78, 5) is 23.7.